The van der Waals surface area contributed by atoms with Crippen molar-refractivity contribution < 1.29 is 0 Å². The number of nitriles is 1. The molecule has 6 atom stereocenters. The molecule has 4 saturated carbocycles. The maximum atomic E-state index is 9.19. The molecule has 2 heteroatoms. The van der Waals surface area contributed by atoms with E-state index in [1.54, 1.807) is 11.8 Å². The van der Waals surface area contributed by atoms with E-state index in [1.165, 1.54) is 25.7 Å². The molecule has 4 fully saturated rings. The summed E-state index contributed by atoms with van der Waals surface area (Å²) in [7, 11) is 0. The van der Waals surface area contributed by atoms with Gasteiger partial charge in [0.25, 0.3) is 0 Å². The van der Waals surface area contributed by atoms with Gasteiger partial charge in [-0.1, -0.05) is 27.7 Å². The molecule has 4 aliphatic rings. The van der Waals surface area contributed by atoms with Crippen LogP contribution in [0.3, 0.4) is 0 Å². The Bertz CT molecular complexity index is 398. The van der Waals surface area contributed by atoms with Crippen LogP contribution < -0.4 is 0 Å². The van der Waals surface area contributed by atoms with Gasteiger partial charge in [0.1, 0.15) is 5.40 Å². The molecule has 1 nitrogen and oxygen atoms in total. The molecular formula is C16H25NS. The van der Waals surface area contributed by atoms with Crippen LogP contribution in [0.5, 0.6) is 0 Å². The lowest BCUT2D eigenvalue weighted by Crippen LogP contribution is -2.57. The highest BCUT2D eigenvalue weighted by molar-refractivity contribution is 8.04. The lowest BCUT2D eigenvalue weighted by molar-refractivity contribution is -0.0757. The van der Waals surface area contributed by atoms with Crippen LogP contribution in [0.15, 0.2) is 0 Å². The first-order valence-corrected chi connectivity index (χ1v) is 8.35. The molecule has 0 saturated heterocycles. The van der Waals surface area contributed by atoms with Gasteiger partial charge in [0.05, 0.1) is 0 Å². The second-order valence-corrected chi connectivity index (χ2v) is 8.78. The SMILES string of the molecule is CC(C)C1CC2[C@]3(C)CC[C@@]2(C)[C@@H](SC#N)C1C3. The summed E-state index contributed by atoms with van der Waals surface area (Å²) in [4.78, 5) is 0. The third-order valence-corrected chi connectivity index (χ3v) is 7.95. The van der Waals surface area contributed by atoms with Gasteiger partial charge in [-0.15, -0.1) is 0 Å². The Hall–Kier alpha value is -0.160. The fourth-order valence-corrected chi connectivity index (χ4v) is 6.98. The van der Waals surface area contributed by atoms with E-state index in [0.29, 0.717) is 16.1 Å². The van der Waals surface area contributed by atoms with Crippen LogP contribution in [0.25, 0.3) is 0 Å². The van der Waals surface area contributed by atoms with Crippen LogP contribution in [-0.2, 0) is 0 Å². The monoisotopic (exact) mass is 263 g/mol. The topological polar surface area (TPSA) is 23.8 Å². The predicted octanol–water partition coefficient (Wildman–Crippen LogP) is 4.69. The van der Waals surface area contributed by atoms with Crippen molar-refractivity contribution in [3.8, 4) is 5.40 Å². The highest BCUT2D eigenvalue weighted by atomic mass is 32.2. The molecule has 100 valence electrons. The Kier molecular flexibility index (Phi) is 2.80. The molecule has 18 heavy (non-hydrogen) atoms. The first-order valence-electron chi connectivity index (χ1n) is 7.47. The van der Waals surface area contributed by atoms with Crippen molar-refractivity contribution in [3.63, 3.8) is 0 Å². The van der Waals surface area contributed by atoms with E-state index in [4.69, 9.17) is 0 Å². The Morgan fingerprint density at radius 2 is 2.00 bits per heavy atom. The summed E-state index contributed by atoms with van der Waals surface area (Å²) in [6.07, 6.45) is 5.57. The molecule has 0 aromatic heterocycles. The molecule has 0 heterocycles. The molecule has 0 aromatic carbocycles. The normalized spacial score (nSPS) is 53.8. The van der Waals surface area contributed by atoms with Crippen molar-refractivity contribution in [2.45, 2.75) is 58.6 Å². The second kappa shape index (κ2) is 3.92. The molecule has 0 aliphatic heterocycles. The van der Waals surface area contributed by atoms with Crippen molar-refractivity contribution in [2.24, 2.45) is 34.5 Å². The van der Waals surface area contributed by atoms with Crippen LogP contribution in [0.1, 0.15) is 53.4 Å². The number of hydrogen-bond acceptors (Lipinski definition) is 2. The fourth-order valence-electron chi connectivity index (χ4n) is 5.84. The van der Waals surface area contributed by atoms with E-state index < -0.39 is 0 Å². The van der Waals surface area contributed by atoms with E-state index in [1.807, 2.05) is 0 Å². The molecule has 4 aliphatic carbocycles. The molecule has 0 aromatic rings. The molecule has 0 amide bonds. The standard InChI is InChI=1S/C16H25NS/c1-10(2)11-7-13-15(3)5-6-16(13,4)14(18-9-17)12(11)8-15/h10-14H,5-8H2,1-4H3/t11?,12?,13?,14-,15+,16+/m0/s1. The van der Waals surface area contributed by atoms with Crippen molar-refractivity contribution in [3.05, 3.63) is 0 Å². The third-order valence-electron chi connectivity index (χ3n) is 6.71. The molecule has 4 rings (SSSR count). The summed E-state index contributed by atoms with van der Waals surface area (Å²) in [6, 6.07) is 0. The number of thioether (sulfide) groups is 1. The fraction of sp³-hybridized carbons (Fsp3) is 0.938. The molecule has 0 radical (unpaired) electrons. The van der Waals surface area contributed by atoms with E-state index in [9.17, 15) is 5.26 Å². The van der Waals surface area contributed by atoms with E-state index in [2.05, 4.69) is 33.1 Å². The number of hydrogen-bond donors (Lipinski definition) is 0. The van der Waals surface area contributed by atoms with Crippen LogP contribution in [0.2, 0.25) is 0 Å². The number of rotatable bonds is 2. The minimum absolute atomic E-state index is 0.448. The maximum absolute atomic E-state index is 9.19. The predicted molar refractivity (Wildman–Crippen MR) is 77.0 cm³/mol. The highest BCUT2D eigenvalue weighted by Crippen LogP contribution is 2.72. The van der Waals surface area contributed by atoms with Crippen molar-refractivity contribution in [1.29, 1.82) is 5.26 Å². The zero-order chi connectivity index (χ0) is 13.1. The van der Waals surface area contributed by atoms with Crippen LogP contribution in [-0.4, -0.2) is 5.25 Å². The molecular weight excluding hydrogens is 238 g/mol. The molecule has 0 spiro atoms. The average molecular weight is 263 g/mol. The van der Waals surface area contributed by atoms with Crippen molar-refractivity contribution in [2.75, 3.05) is 0 Å². The minimum Gasteiger partial charge on any atom is -0.185 e. The third kappa shape index (κ3) is 1.46. The van der Waals surface area contributed by atoms with Crippen molar-refractivity contribution in [1.82, 2.24) is 0 Å². The highest BCUT2D eigenvalue weighted by Gasteiger charge is 2.66. The van der Waals surface area contributed by atoms with Gasteiger partial charge in [0, 0.05) is 5.25 Å². The van der Waals surface area contributed by atoms with Gasteiger partial charge in [0.2, 0.25) is 0 Å². The first kappa shape index (κ1) is 12.9. The summed E-state index contributed by atoms with van der Waals surface area (Å²) in [5.74, 6) is 3.30. The molecule has 3 unspecified atom stereocenters. The van der Waals surface area contributed by atoms with Gasteiger partial charge in [-0.3, -0.25) is 0 Å². The zero-order valence-electron chi connectivity index (χ0n) is 12.1. The Morgan fingerprint density at radius 3 is 2.61 bits per heavy atom. The summed E-state index contributed by atoms with van der Waals surface area (Å²) in [5, 5.41) is 12.2. The number of thiocyanates is 1. The summed E-state index contributed by atoms with van der Waals surface area (Å²) in [6.45, 7) is 9.78. The Labute approximate surface area is 116 Å². The first-order chi connectivity index (χ1) is 8.42. The summed E-state index contributed by atoms with van der Waals surface area (Å²) >= 11 is 1.60. The van der Waals surface area contributed by atoms with Crippen LogP contribution >= 0.6 is 11.8 Å². The molecule has 0 N–H and O–H groups in total. The largest absolute Gasteiger partial charge is 0.185 e. The van der Waals surface area contributed by atoms with Gasteiger partial charge in [-0.2, -0.15) is 5.26 Å². The maximum Gasteiger partial charge on any atom is 0.133 e. The van der Waals surface area contributed by atoms with Gasteiger partial charge in [-0.25, -0.2) is 0 Å². The lowest BCUT2D eigenvalue weighted by Gasteiger charge is -2.61. The van der Waals surface area contributed by atoms with Crippen LogP contribution in [0.4, 0.5) is 0 Å². The minimum atomic E-state index is 0.448. The summed E-state index contributed by atoms with van der Waals surface area (Å²) in [5.41, 5.74) is 1.04. The van der Waals surface area contributed by atoms with Gasteiger partial charge in [0.15, 0.2) is 0 Å². The Balaban J connectivity index is 2.00. The van der Waals surface area contributed by atoms with Gasteiger partial charge in [-0.05, 0) is 71.9 Å². The smallest absolute Gasteiger partial charge is 0.133 e. The lowest BCUT2D eigenvalue weighted by atomic mass is 9.47. The van der Waals surface area contributed by atoms with Crippen LogP contribution in [0, 0.1) is 45.2 Å². The van der Waals surface area contributed by atoms with E-state index in [-0.39, 0.29) is 0 Å². The van der Waals surface area contributed by atoms with Gasteiger partial charge < -0.3 is 0 Å². The zero-order valence-corrected chi connectivity index (χ0v) is 12.9. The van der Waals surface area contributed by atoms with Crippen molar-refractivity contribution >= 4 is 11.8 Å². The number of nitrogens with zero attached hydrogens (tertiary/aromatic N) is 1. The molecule has 4 bridgehead atoms. The van der Waals surface area contributed by atoms with E-state index in [0.717, 1.165) is 23.7 Å². The number of fused-ring (bicyclic) bond motifs is 1. The van der Waals surface area contributed by atoms with Gasteiger partial charge >= 0.3 is 0 Å². The second-order valence-electron chi connectivity index (χ2n) is 7.85. The quantitative estimate of drug-likeness (QED) is 0.675. The average Bonchev–Trinajstić information content (AvgIpc) is 2.52. The Morgan fingerprint density at radius 1 is 1.28 bits per heavy atom. The summed E-state index contributed by atoms with van der Waals surface area (Å²) < 4.78 is 0. The van der Waals surface area contributed by atoms with E-state index >= 15 is 0 Å².